The van der Waals surface area contributed by atoms with Crippen LogP contribution in [0.25, 0.3) is 22.4 Å². The van der Waals surface area contributed by atoms with E-state index in [1.165, 1.54) is 0 Å². The summed E-state index contributed by atoms with van der Waals surface area (Å²) in [6, 6.07) is 20.8. The van der Waals surface area contributed by atoms with E-state index in [1.807, 2.05) is 66.7 Å². The molecule has 4 aromatic rings. The van der Waals surface area contributed by atoms with E-state index in [-0.39, 0.29) is 12.5 Å². The van der Waals surface area contributed by atoms with Crippen LogP contribution in [0.1, 0.15) is 0 Å². The van der Waals surface area contributed by atoms with E-state index in [1.54, 1.807) is 7.11 Å². The number of aromatic nitrogens is 2. The molecule has 1 aromatic heterocycles. The number of methoxy groups -OCH3 is 1. The second kappa shape index (κ2) is 8.36. The standard InChI is InChI=1S/C22H18BrN3O3/c1-28-19-12-14(22-25-17-9-5-6-10-18(17)26-22)11-16(23)21(19)29-13-20(27)24-15-7-3-2-4-8-15/h2-12H,13H2,1H3,(H,24,27)(H,25,26). The van der Waals surface area contributed by atoms with Crippen molar-refractivity contribution in [1.82, 2.24) is 9.97 Å². The fourth-order valence-corrected chi connectivity index (χ4v) is 3.50. The number of benzene rings is 3. The Balaban J connectivity index is 1.54. The lowest BCUT2D eigenvalue weighted by atomic mass is 10.2. The van der Waals surface area contributed by atoms with Gasteiger partial charge in [0.05, 0.1) is 22.6 Å². The molecule has 1 heterocycles. The van der Waals surface area contributed by atoms with E-state index in [4.69, 9.17) is 9.47 Å². The maximum absolute atomic E-state index is 12.2. The van der Waals surface area contributed by atoms with Crippen LogP contribution in [0.15, 0.2) is 71.2 Å². The van der Waals surface area contributed by atoms with Gasteiger partial charge in [0.1, 0.15) is 5.82 Å². The molecule has 3 aromatic carbocycles. The van der Waals surface area contributed by atoms with Gasteiger partial charge in [0.15, 0.2) is 18.1 Å². The quantitative estimate of drug-likeness (QED) is 0.431. The van der Waals surface area contributed by atoms with Gasteiger partial charge in [0.2, 0.25) is 0 Å². The number of para-hydroxylation sites is 3. The molecule has 0 spiro atoms. The van der Waals surface area contributed by atoms with E-state index in [0.717, 1.165) is 22.4 Å². The summed E-state index contributed by atoms with van der Waals surface area (Å²) >= 11 is 3.52. The van der Waals surface area contributed by atoms with Gasteiger partial charge in [-0.05, 0) is 52.3 Å². The second-order valence-electron chi connectivity index (χ2n) is 6.29. The molecule has 0 bridgehead atoms. The number of carbonyl (C=O) groups excluding carboxylic acids is 1. The van der Waals surface area contributed by atoms with E-state index >= 15 is 0 Å². The number of ether oxygens (including phenoxy) is 2. The molecule has 0 fully saturated rings. The largest absolute Gasteiger partial charge is 0.493 e. The lowest BCUT2D eigenvalue weighted by molar-refractivity contribution is -0.118. The third-order valence-electron chi connectivity index (χ3n) is 4.30. The van der Waals surface area contributed by atoms with Crippen LogP contribution >= 0.6 is 15.9 Å². The molecule has 0 unspecified atom stereocenters. The number of H-pyrrole nitrogens is 1. The molecule has 0 saturated carbocycles. The number of fused-ring (bicyclic) bond motifs is 1. The average Bonchev–Trinajstić information content (AvgIpc) is 3.17. The van der Waals surface area contributed by atoms with Crippen LogP contribution < -0.4 is 14.8 Å². The summed E-state index contributed by atoms with van der Waals surface area (Å²) < 4.78 is 11.9. The number of carbonyl (C=O) groups is 1. The minimum absolute atomic E-state index is 0.145. The van der Waals surface area contributed by atoms with Gasteiger partial charge in [0, 0.05) is 11.3 Å². The zero-order valence-corrected chi connectivity index (χ0v) is 17.2. The molecule has 1 amide bonds. The molecule has 4 rings (SSSR count). The molecule has 6 nitrogen and oxygen atoms in total. The van der Waals surface area contributed by atoms with E-state index in [0.29, 0.717) is 21.7 Å². The Kier molecular flexibility index (Phi) is 5.48. The minimum Gasteiger partial charge on any atom is -0.493 e. The highest BCUT2D eigenvalue weighted by atomic mass is 79.9. The van der Waals surface area contributed by atoms with Gasteiger partial charge >= 0.3 is 0 Å². The van der Waals surface area contributed by atoms with Crippen LogP contribution in [0.3, 0.4) is 0 Å². The van der Waals surface area contributed by atoms with Crippen molar-refractivity contribution in [2.75, 3.05) is 19.0 Å². The predicted octanol–water partition coefficient (Wildman–Crippen LogP) is 5.02. The van der Waals surface area contributed by atoms with Crippen molar-refractivity contribution in [2.24, 2.45) is 0 Å². The van der Waals surface area contributed by atoms with Crippen molar-refractivity contribution >= 4 is 38.6 Å². The summed E-state index contributed by atoms with van der Waals surface area (Å²) in [5, 5.41) is 2.79. The first kappa shape index (κ1) is 19.0. The Bertz CT molecular complexity index is 1130. The van der Waals surface area contributed by atoms with Crippen LogP contribution in [0.5, 0.6) is 11.5 Å². The summed E-state index contributed by atoms with van der Waals surface area (Å²) in [5.74, 6) is 1.42. The van der Waals surface area contributed by atoms with Gasteiger partial charge in [-0.2, -0.15) is 0 Å². The highest BCUT2D eigenvalue weighted by Gasteiger charge is 2.16. The summed E-state index contributed by atoms with van der Waals surface area (Å²) in [5.41, 5.74) is 3.39. The monoisotopic (exact) mass is 451 g/mol. The normalized spacial score (nSPS) is 10.7. The molecule has 0 aliphatic heterocycles. The molecule has 2 N–H and O–H groups in total. The number of rotatable bonds is 6. The molecule has 0 radical (unpaired) electrons. The number of imidazole rings is 1. The summed E-state index contributed by atoms with van der Waals surface area (Å²) in [7, 11) is 1.56. The first-order valence-corrected chi connectivity index (χ1v) is 9.73. The number of hydrogen-bond donors (Lipinski definition) is 2. The molecule has 0 saturated heterocycles. The van der Waals surface area contributed by atoms with Crippen molar-refractivity contribution in [3.63, 3.8) is 0 Å². The zero-order chi connectivity index (χ0) is 20.2. The summed E-state index contributed by atoms with van der Waals surface area (Å²) in [6.45, 7) is -0.145. The number of amides is 1. The van der Waals surface area contributed by atoms with Crippen molar-refractivity contribution in [1.29, 1.82) is 0 Å². The minimum atomic E-state index is -0.258. The maximum Gasteiger partial charge on any atom is 0.262 e. The van der Waals surface area contributed by atoms with Crippen LogP contribution in [0.2, 0.25) is 0 Å². The van der Waals surface area contributed by atoms with Gasteiger partial charge in [-0.15, -0.1) is 0 Å². The Hall–Kier alpha value is -3.32. The number of anilines is 1. The smallest absolute Gasteiger partial charge is 0.262 e. The van der Waals surface area contributed by atoms with Gasteiger partial charge in [-0.3, -0.25) is 4.79 Å². The van der Waals surface area contributed by atoms with Crippen molar-refractivity contribution in [2.45, 2.75) is 0 Å². The van der Waals surface area contributed by atoms with Gasteiger partial charge in [-0.1, -0.05) is 30.3 Å². The molecule has 7 heteroatoms. The molecular weight excluding hydrogens is 434 g/mol. The number of aromatic amines is 1. The fourth-order valence-electron chi connectivity index (χ4n) is 2.94. The SMILES string of the molecule is COc1cc(-c2nc3ccccc3[nH]2)cc(Br)c1OCC(=O)Nc1ccccc1. The Morgan fingerprint density at radius 3 is 2.62 bits per heavy atom. The first-order valence-electron chi connectivity index (χ1n) is 8.94. The van der Waals surface area contributed by atoms with Crippen LogP contribution in [-0.4, -0.2) is 29.6 Å². The van der Waals surface area contributed by atoms with Crippen molar-refractivity contribution in [3.8, 4) is 22.9 Å². The number of halogens is 1. The molecule has 0 atom stereocenters. The third kappa shape index (κ3) is 4.25. The topological polar surface area (TPSA) is 76.2 Å². The summed E-state index contributed by atoms with van der Waals surface area (Å²) in [4.78, 5) is 20.1. The Morgan fingerprint density at radius 2 is 1.86 bits per heavy atom. The Morgan fingerprint density at radius 1 is 1.10 bits per heavy atom. The highest BCUT2D eigenvalue weighted by Crippen LogP contribution is 2.39. The maximum atomic E-state index is 12.2. The first-order chi connectivity index (χ1) is 14.1. The second-order valence-corrected chi connectivity index (χ2v) is 7.15. The van der Waals surface area contributed by atoms with E-state index in [2.05, 4.69) is 31.2 Å². The van der Waals surface area contributed by atoms with Gasteiger partial charge in [0.25, 0.3) is 5.91 Å². The zero-order valence-electron chi connectivity index (χ0n) is 15.6. The van der Waals surface area contributed by atoms with E-state index in [9.17, 15) is 4.79 Å². The molecular formula is C22H18BrN3O3. The lowest BCUT2D eigenvalue weighted by Crippen LogP contribution is -2.20. The molecule has 0 aliphatic rings. The number of hydrogen-bond acceptors (Lipinski definition) is 4. The number of nitrogens with one attached hydrogen (secondary N) is 2. The van der Waals surface area contributed by atoms with Crippen molar-refractivity contribution < 1.29 is 14.3 Å². The van der Waals surface area contributed by atoms with Crippen LogP contribution in [0.4, 0.5) is 5.69 Å². The van der Waals surface area contributed by atoms with E-state index < -0.39 is 0 Å². The van der Waals surface area contributed by atoms with Crippen molar-refractivity contribution in [3.05, 3.63) is 71.2 Å². The summed E-state index contributed by atoms with van der Waals surface area (Å²) in [6.07, 6.45) is 0. The lowest BCUT2D eigenvalue weighted by Gasteiger charge is -2.14. The van der Waals surface area contributed by atoms with Crippen LogP contribution in [-0.2, 0) is 4.79 Å². The number of nitrogens with zero attached hydrogens (tertiary/aromatic N) is 1. The predicted molar refractivity (Wildman–Crippen MR) is 116 cm³/mol. The highest BCUT2D eigenvalue weighted by molar-refractivity contribution is 9.10. The molecule has 0 aliphatic carbocycles. The third-order valence-corrected chi connectivity index (χ3v) is 4.89. The van der Waals surface area contributed by atoms with Crippen LogP contribution in [0, 0.1) is 0 Å². The molecule has 29 heavy (non-hydrogen) atoms. The Labute approximate surface area is 176 Å². The molecule has 146 valence electrons. The average molecular weight is 452 g/mol. The van der Waals surface area contributed by atoms with Gasteiger partial charge in [-0.25, -0.2) is 4.98 Å². The van der Waals surface area contributed by atoms with Gasteiger partial charge < -0.3 is 19.8 Å². The fraction of sp³-hybridized carbons (Fsp3) is 0.0909.